The van der Waals surface area contributed by atoms with Crippen LogP contribution in [0.2, 0.25) is 0 Å². The van der Waals surface area contributed by atoms with Crippen molar-refractivity contribution < 1.29 is 0 Å². The minimum atomic E-state index is -0.182. The molecule has 230 valence electrons. The Labute approximate surface area is 283 Å². The molecule has 0 aliphatic heterocycles. The average molecular weight is 615 g/mol. The van der Waals surface area contributed by atoms with Gasteiger partial charge in [0.25, 0.3) is 0 Å². The van der Waals surface area contributed by atoms with Crippen LogP contribution >= 0.6 is 0 Å². The van der Waals surface area contributed by atoms with Crippen LogP contribution in [0.25, 0.3) is 78.2 Å². The van der Waals surface area contributed by atoms with Crippen molar-refractivity contribution in [2.75, 3.05) is 0 Å². The number of fused-ring (bicyclic) bond motifs is 9. The Morgan fingerprint density at radius 1 is 0.438 bits per heavy atom. The summed E-state index contributed by atoms with van der Waals surface area (Å²) in [5.41, 5.74) is 17.8. The minimum absolute atomic E-state index is 0.0807. The van der Waals surface area contributed by atoms with Crippen LogP contribution in [0, 0.1) is 0 Å². The highest BCUT2D eigenvalue weighted by Gasteiger charge is 2.39. The quantitative estimate of drug-likeness (QED) is 0.185. The Bertz CT molecular complexity index is 2530. The summed E-state index contributed by atoms with van der Waals surface area (Å²) in [6.07, 6.45) is 4.10. The van der Waals surface area contributed by atoms with E-state index in [1.54, 1.807) is 0 Å². The lowest BCUT2D eigenvalue weighted by Gasteiger charge is -2.27. The van der Waals surface area contributed by atoms with Gasteiger partial charge in [-0.1, -0.05) is 168 Å². The van der Waals surface area contributed by atoms with Gasteiger partial charge in [-0.15, -0.1) is 0 Å². The normalized spacial score (nSPS) is 14.8. The monoisotopic (exact) mass is 614 g/mol. The summed E-state index contributed by atoms with van der Waals surface area (Å²) < 4.78 is 0. The molecule has 0 spiro atoms. The number of benzene rings is 7. The van der Waals surface area contributed by atoms with Gasteiger partial charge in [0.15, 0.2) is 0 Å². The molecule has 2 aliphatic rings. The zero-order valence-electron chi connectivity index (χ0n) is 28.1. The Morgan fingerprint density at radius 2 is 1.02 bits per heavy atom. The lowest BCUT2D eigenvalue weighted by molar-refractivity contribution is 0.660. The lowest BCUT2D eigenvalue weighted by atomic mass is 9.75. The molecular formula is C48H38. The maximum absolute atomic E-state index is 4.44. The molecule has 0 unspecified atom stereocenters. The molecule has 0 bridgehead atoms. The highest BCUT2D eigenvalue weighted by Crippen LogP contribution is 2.56. The third kappa shape index (κ3) is 3.66. The number of hydrogen-bond acceptors (Lipinski definition) is 0. The van der Waals surface area contributed by atoms with Gasteiger partial charge in [-0.05, 0) is 105 Å². The van der Waals surface area contributed by atoms with Gasteiger partial charge < -0.3 is 0 Å². The van der Waals surface area contributed by atoms with Crippen LogP contribution < -0.4 is 0 Å². The number of hydrogen-bond donors (Lipinski definition) is 0. The first kappa shape index (κ1) is 28.7. The van der Waals surface area contributed by atoms with E-state index in [1.165, 1.54) is 88.3 Å². The molecule has 0 saturated heterocycles. The highest BCUT2D eigenvalue weighted by molar-refractivity contribution is 6.14. The fourth-order valence-corrected chi connectivity index (χ4v) is 9.22. The zero-order chi connectivity index (χ0) is 32.9. The van der Waals surface area contributed by atoms with Crippen LogP contribution in [0.15, 0.2) is 134 Å². The van der Waals surface area contributed by atoms with E-state index in [4.69, 9.17) is 0 Å². The van der Waals surface area contributed by atoms with Crippen molar-refractivity contribution in [3.05, 3.63) is 168 Å². The molecular weight excluding hydrogens is 577 g/mol. The van der Waals surface area contributed by atoms with Gasteiger partial charge >= 0.3 is 0 Å². The lowest BCUT2D eigenvalue weighted by Crippen LogP contribution is -2.16. The molecule has 7 aromatic carbocycles. The molecule has 0 radical (unpaired) electrons. The maximum Gasteiger partial charge on any atom is 0.0165 e. The number of rotatable bonds is 4. The molecule has 7 aromatic rings. The Morgan fingerprint density at radius 3 is 1.77 bits per heavy atom. The largest absolute Gasteiger partial charge is 0.0984 e. The molecule has 0 saturated carbocycles. The van der Waals surface area contributed by atoms with E-state index in [1.807, 2.05) is 6.08 Å². The summed E-state index contributed by atoms with van der Waals surface area (Å²) in [6.45, 7) is 18.3. The molecule has 9 rings (SSSR count). The van der Waals surface area contributed by atoms with Gasteiger partial charge in [-0.25, -0.2) is 0 Å². The van der Waals surface area contributed by atoms with Gasteiger partial charge in [0.2, 0.25) is 0 Å². The summed E-state index contributed by atoms with van der Waals surface area (Å²) in [6, 6.07) is 45.2. The van der Waals surface area contributed by atoms with Gasteiger partial charge in [0, 0.05) is 10.8 Å². The van der Waals surface area contributed by atoms with Crippen molar-refractivity contribution >= 4 is 33.7 Å². The van der Waals surface area contributed by atoms with Crippen LogP contribution in [0.4, 0.5) is 0 Å². The van der Waals surface area contributed by atoms with E-state index in [9.17, 15) is 0 Å². The van der Waals surface area contributed by atoms with Crippen LogP contribution in [0.1, 0.15) is 61.1 Å². The molecule has 0 heterocycles. The molecule has 0 nitrogen and oxygen atoms in total. The smallest absolute Gasteiger partial charge is 0.0165 e. The van der Waals surface area contributed by atoms with E-state index < -0.39 is 0 Å². The summed E-state index contributed by atoms with van der Waals surface area (Å²) in [7, 11) is 0. The van der Waals surface area contributed by atoms with Crippen molar-refractivity contribution in [1.29, 1.82) is 0 Å². The summed E-state index contributed by atoms with van der Waals surface area (Å²) >= 11 is 0. The Hall–Kier alpha value is -5.46. The van der Waals surface area contributed by atoms with Crippen molar-refractivity contribution in [2.45, 2.75) is 38.5 Å². The molecule has 0 fully saturated rings. The van der Waals surface area contributed by atoms with Crippen LogP contribution in [-0.2, 0) is 10.8 Å². The molecule has 0 N–H and O–H groups in total. The van der Waals surface area contributed by atoms with E-state index in [0.29, 0.717) is 0 Å². The average Bonchev–Trinajstić information content (AvgIpc) is 3.50. The molecule has 0 amide bonds. The van der Waals surface area contributed by atoms with Crippen LogP contribution in [0.5, 0.6) is 0 Å². The highest BCUT2D eigenvalue weighted by atomic mass is 14.4. The first-order chi connectivity index (χ1) is 23.3. The summed E-state index contributed by atoms with van der Waals surface area (Å²) in [5, 5.41) is 5.07. The van der Waals surface area contributed by atoms with Gasteiger partial charge in [-0.2, -0.15) is 0 Å². The first-order valence-electron chi connectivity index (χ1n) is 17.0. The van der Waals surface area contributed by atoms with Gasteiger partial charge in [-0.3, -0.25) is 0 Å². The van der Waals surface area contributed by atoms with Crippen LogP contribution in [0.3, 0.4) is 0 Å². The third-order valence-electron chi connectivity index (χ3n) is 11.4. The van der Waals surface area contributed by atoms with Crippen LogP contribution in [-0.4, -0.2) is 0 Å². The van der Waals surface area contributed by atoms with Crippen molar-refractivity contribution in [3.8, 4) is 44.5 Å². The first-order valence-corrected chi connectivity index (χ1v) is 17.0. The topological polar surface area (TPSA) is 0 Å². The molecule has 0 atom stereocenters. The van der Waals surface area contributed by atoms with E-state index >= 15 is 0 Å². The predicted octanol–water partition coefficient (Wildman–Crippen LogP) is 13.2. The summed E-state index contributed by atoms with van der Waals surface area (Å²) in [4.78, 5) is 0. The van der Waals surface area contributed by atoms with Crippen molar-refractivity contribution in [3.63, 3.8) is 0 Å². The second kappa shape index (κ2) is 10.0. The fraction of sp³-hybridized carbons (Fsp3) is 0.125. The van der Waals surface area contributed by atoms with Crippen molar-refractivity contribution in [1.82, 2.24) is 0 Å². The van der Waals surface area contributed by atoms with Gasteiger partial charge in [0.05, 0.1) is 0 Å². The second-order valence-electron chi connectivity index (χ2n) is 14.5. The minimum Gasteiger partial charge on any atom is -0.0984 e. The SMILES string of the molecule is C=Cc1c(C=C)c(-c2cccc3c2C(C)(C)c2ccc4ccccc4c2-3)c2ccccc2c1-c1ccc2c(c1)C(C)(C)c1ccccc1-2. The molecule has 2 aliphatic carbocycles. The van der Waals surface area contributed by atoms with E-state index in [2.05, 4.69) is 168 Å². The third-order valence-corrected chi connectivity index (χ3v) is 11.4. The standard InChI is InChI=1S/C48H38/c1-7-31-32(8-2)44(38-21-15-22-39-45-33-17-10-9-16-29(33)25-27-41(45)48(5,6)46(38)39)37-20-12-11-19-36(37)43(31)30-24-26-35-34-18-13-14-23-40(34)47(3,4)42(35)28-30/h7-28H,1-2H2,3-6H3. The molecule has 48 heavy (non-hydrogen) atoms. The van der Waals surface area contributed by atoms with Gasteiger partial charge in [0.1, 0.15) is 0 Å². The van der Waals surface area contributed by atoms with Crippen molar-refractivity contribution in [2.24, 2.45) is 0 Å². The Balaban J connectivity index is 1.34. The molecule has 0 heteroatoms. The maximum atomic E-state index is 4.44. The molecule has 0 aromatic heterocycles. The Kier molecular flexibility index (Phi) is 6.00. The fourth-order valence-electron chi connectivity index (χ4n) is 9.22. The second-order valence-corrected chi connectivity index (χ2v) is 14.5. The zero-order valence-corrected chi connectivity index (χ0v) is 28.1. The predicted molar refractivity (Wildman–Crippen MR) is 208 cm³/mol. The summed E-state index contributed by atoms with van der Waals surface area (Å²) in [5.74, 6) is 0. The van der Waals surface area contributed by atoms with E-state index in [0.717, 1.165) is 11.1 Å². The van der Waals surface area contributed by atoms with E-state index in [-0.39, 0.29) is 10.8 Å².